The minimum atomic E-state index is -1.16. The molecule has 54 heavy (non-hydrogen) atoms. The Balaban J connectivity index is 1.62. The molecule has 18 nitrogen and oxygen atoms in total. The van der Waals surface area contributed by atoms with E-state index >= 15 is 0 Å². The van der Waals surface area contributed by atoms with Crippen molar-refractivity contribution in [1.82, 2.24) is 46.5 Å². The van der Waals surface area contributed by atoms with Crippen molar-refractivity contribution in [2.24, 2.45) is 22.8 Å². The molecule has 0 unspecified atom stereocenters. The molecule has 1 saturated heterocycles. The molecule has 2 aliphatic heterocycles. The van der Waals surface area contributed by atoms with Gasteiger partial charge in [-0.3, -0.25) is 38.9 Å². The van der Waals surface area contributed by atoms with E-state index in [4.69, 9.17) is 16.9 Å². The second-order valence-corrected chi connectivity index (χ2v) is 15.9. The Morgan fingerprint density at radius 3 is 2.33 bits per heavy atom. The van der Waals surface area contributed by atoms with E-state index in [2.05, 4.69) is 36.9 Å². The number of amides is 6. The van der Waals surface area contributed by atoms with Crippen LogP contribution in [-0.4, -0.2) is 105 Å². The summed E-state index contributed by atoms with van der Waals surface area (Å²) in [5, 5.41) is 30.0. The zero-order valence-corrected chi connectivity index (χ0v) is 32.0. The third-order valence-corrected chi connectivity index (χ3v) is 10.6. The number of nitrogens with one attached hydrogen (secondary N) is 6. The molecule has 5 atom stereocenters. The van der Waals surface area contributed by atoms with Crippen LogP contribution in [0.4, 0.5) is 0 Å². The molecule has 10 N–H and O–H groups in total. The van der Waals surface area contributed by atoms with E-state index in [1.165, 1.54) is 0 Å². The Hall–Kier alpha value is -4.77. The van der Waals surface area contributed by atoms with Gasteiger partial charge in [0.25, 0.3) is 0 Å². The molecule has 3 aliphatic rings. The van der Waals surface area contributed by atoms with Gasteiger partial charge in [0.1, 0.15) is 30.2 Å². The molecule has 0 radical (unpaired) electrons. The van der Waals surface area contributed by atoms with Crippen molar-refractivity contribution in [3.63, 3.8) is 0 Å². The van der Waals surface area contributed by atoms with Gasteiger partial charge in [0.2, 0.25) is 35.4 Å². The third kappa shape index (κ3) is 12.1. The molecule has 2 fully saturated rings. The van der Waals surface area contributed by atoms with Crippen LogP contribution in [0.25, 0.3) is 0 Å². The lowest BCUT2D eigenvalue weighted by Gasteiger charge is -2.33. The number of primary amides is 1. The predicted molar refractivity (Wildman–Crippen MR) is 199 cm³/mol. The highest BCUT2D eigenvalue weighted by Gasteiger charge is 2.40. The van der Waals surface area contributed by atoms with Crippen LogP contribution >= 0.6 is 0 Å². The Morgan fingerprint density at radius 1 is 0.926 bits per heavy atom. The van der Waals surface area contributed by atoms with Crippen LogP contribution < -0.4 is 38.1 Å². The summed E-state index contributed by atoms with van der Waals surface area (Å²) in [6.45, 7) is 6.18. The number of aryl methyl sites for hydroxylation is 2. The highest BCUT2D eigenvalue weighted by atomic mass is 16.2. The lowest BCUT2D eigenvalue weighted by atomic mass is 9.83. The topological polar surface area (TPSA) is 272 Å². The van der Waals surface area contributed by atoms with Crippen LogP contribution in [0.1, 0.15) is 110 Å². The smallest absolute Gasteiger partial charge is 0.243 e. The molecule has 18 heteroatoms. The zero-order chi connectivity index (χ0) is 39.4. The van der Waals surface area contributed by atoms with Crippen molar-refractivity contribution in [3.8, 4) is 0 Å². The normalized spacial score (nSPS) is 23.4. The highest BCUT2D eigenvalue weighted by molar-refractivity contribution is 5.96. The van der Waals surface area contributed by atoms with Gasteiger partial charge >= 0.3 is 0 Å². The van der Waals surface area contributed by atoms with Crippen molar-refractivity contribution < 1.29 is 28.8 Å². The Morgan fingerprint density at radius 2 is 1.65 bits per heavy atom. The van der Waals surface area contributed by atoms with Crippen LogP contribution in [0.5, 0.6) is 0 Å². The zero-order valence-electron chi connectivity index (χ0n) is 32.0. The van der Waals surface area contributed by atoms with Gasteiger partial charge in [0, 0.05) is 32.3 Å². The second kappa shape index (κ2) is 19.5. The standard InChI is InChI=1S/C36H60N12O6/c1-36(2,3)29(30(37)50)44-32(52)24(14-9-18-40-35(38)39)41-31(51)25-17-20-47-21-23(45-46-47)13-7-8-16-27(49)48-19-10-15-26(48)33(53)43-28(34(54)42-25)22-11-5-4-6-12-22/h21-22,24-26,28-29H,4-20H2,1-3H3,(H2,37,50)(H,41,51)(H,42,54)(H,43,53)(H,44,52)(H4,38,39,40)/t24-,25-,26-,28-,29+/m0/s1. The van der Waals surface area contributed by atoms with Crippen molar-refractivity contribution in [1.29, 1.82) is 5.41 Å². The van der Waals surface area contributed by atoms with E-state index in [0.29, 0.717) is 51.5 Å². The first-order valence-electron chi connectivity index (χ1n) is 19.4. The summed E-state index contributed by atoms with van der Waals surface area (Å²) in [6.07, 6.45) is 9.97. The van der Waals surface area contributed by atoms with Crippen LogP contribution in [0.15, 0.2) is 6.20 Å². The number of aromatic nitrogens is 3. The number of nitrogens with two attached hydrogens (primary N) is 2. The molecule has 0 aromatic carbocycles. The number of carbonyl (C=O) groups excluding carboxylic acids is 6. The van der Waals surface area contributed by atoms with Gasteiger partial charge < -0.3 is 43.0 Å². The van der Waals surface area contributed by atoms with E-state index in [-0.39, 0.29) is 49.6 Å². The van der Waals surface area contributed by atoms with Gasteiger partial charge in [0.05, 0.1) is 5.69 Å². The number of rotatable bonds is 10. The number of fused-ring (bicyclic) bond motifs is 3. The molecular weight excluding hydrogens is 696 g/mol. The minimum absolute atomic E-state index is 0.0861. The minimum Gasteiger partial charge on any atom is -0.370 e. The fourth-order valence-electron chi connectivity index (χ4n) is 7.56. The van der Waals surface area contributed by atoms with Crippen molar-refractivity contribution in [2.45, 2.75) is 147 Å². The molecule has 0 spiro atoms. The van der Waals surface area contributed by atoms with Crippen LogP contribution in [0.3, 0.4) is 0 Å². The molecule has 1 aliphatic carbocycles. The molecule has 2 bridgehead atoms. The summed E-state index contributed by atoms with van der Waals surface area (Å²) in [5.74, 6) is -3.43. The molecule has 1 aromatic heterocycles. The van der Waals surface area contributed by atoms with Crippen molar-refractivity contribution in [3.05, 3.63) is 11.9 Å². The lowest BCUT2D eigenvalue weighted by Crippen LogP contribution is -2.61. The van der Waals surface area contributed by atoms with E-state index in [1.807, 2.05) is 0 Å². The number of hydrogen-bond donors (Lipinski definition) is 8. The maximum Gasteiger partial charge on any atom is 0.243 e. The maximum atomic E-state index is 14.3. The van der Waals surface area contributed by atoms with E-state index in [9.17, 15) is 28.8 Å². The van der Waals surface area contributed by atoms with Gasteiger partial charge in [-0.1, -0.05) is 45.2 Å². The average Bonchev–Trinajstić information content (AvgIpc) is 3.80. The predicted octanol–water partition coefficient (Wildman–Crippen LogP) is -0.300. The van der Waals surface area contributed by atoms with Gasteiger partial charge in [-0.2, -0.15) is 0 Å². The van der Waals surface area contributed by atoms with Gasteiger partial charge in [-0.25, -0.2) is 0 Å². The molecule has 300 valence electrons. The SMILES string of the molecule is CC(C)(C)[C@H](NC(=O)[C@H](CCCNC(=N)N)NC(=O)[C@@H]1CCn2cc(nn2)CCCCC(=O)N2CCC[C@H]2C(=O)N[C@@H](C2CCCCC2)C(=O)N1)C(N)=O. The van der Waals surface area contributed by atoms with Crippen LogP contribution in [0.2, 0.25) is 0 Å². The van der Waals surface area contributed by atoms with E-state index < -0.39 is 59.3 Å². The van der Waals surface area contributed by atoms with Crippen molar-refractivity contribution >= 4 is 41.4 Å². The fraction of sp³-hybridized carbons (Fsp3) is 0.750. The Kier molecular flexibility index (Phi) is 15.2. The summed E-state index contributed by atoms with van der Waals surface area (Å²) < 4.78 is 1.59. The number of nitrogens with zero attached hydrogens (tertiary/aromatic N) is 4. The molecule has 6 amide bonds. The first-order chi connectivity index (χ1) is 25.6. The summed E-state index contributed by atoms with van der Waals surface area (Å²) in [5.41, 5.74) is 11.1. The molecule has 1 aromatic rings. The summed E-state index contributed by atoms with van der Waals surface area (Å²) in [7, 11) is 0. The molecule has 3 heterocycles. The summed E-state index contributed by atoms with van der Waals surface area (Å²) in [6, 6.07) is -4.95. The monoisotopic (exact) mass is 756 g/mol. The first-order valence-corrected chi connectivity index (χ1v) is 19.4. The molecular formula is C36H60N12O6. The summed E-state index contributed by atoms with van der Waals surface area (Å²) >= 11 is 0. The second-order valence-electron chi connectivity index (χ2n) is 15.9. The Labute approximate surface area is 316 Å². The summed E-state index contributed by atoms with van der Waals surface area (Å²) in [4.78, 5) is 83.2. The maximum absolute atomic E-state index is 14.3. The molecule has 1 saturated carbocycles. The average molecular weight is 757 g/mol. The number of carbonyl (C=O) groups is 6. The van der Waals surface area contributed by atoms with Crippen LogP contribution in [0, 0.1) is 16.7 Å². The number of hydrogen-bond acceptors (Lipinski definition) is 9. The third-order valence-electron chi connectivity index (χ3n) is 10.6. The lowest BCUT2D eigenvalue weighted by molar-refractivity contribution is -0.140. The fourth-order valence-corrected chi connectivity index (χ4v) is 7.56. The van der Waals surface area contributed by atoms with Crippen LogP contribution in [-0.2, 0) is 41.7 Å². The quantitative estimate of drug-likeness (QED) is 0.0877. The van der Waals surface area contributed by atoms with Crippen molar-refractivity contribution in [2.75, 3.05) is 13.1 Å². The Bertz CT molecular complexity index is 1500. The largest absolute Gasteiger partial charge is 0.370 e. The van der Waals surface area contributed by atoms with E-state index in [1.54, 1.807) is 36.5 Å². The first kappa shape index (κ1) is 42.0. The molecule has 4 rings (SSSR count). The van der Waals surface area contributed by atoms with Gasteiger partial charge in [0.15, 0.2) is 5.96 Å². The number of guanidine groups is 1. The van der Waals surface area contributed by atoms with Gasteiger partial charge in [-0.15, -0.1) is 5.10 Å². The highest BCUT2D eigenvalue weighted by Crippen LogP contribution is 2.28. The van der Waals surface area contributed by atoms with Gasteiger partial charge in [-0.05, 0) is 75.5 Å². The van der Waals surface area contributed by atoms with E-state index in [0.717, 1.165) is 37.8 Å².